The molecule has 18 heavy (non-hydrogen) atoms. The minimum Gasteiger partial charge on any atom is -0.378 e. The molecule has 2 rings (SSSR count). The number of hydrogen-bond acceptors (Lipinski definition) is 4. The Balaban J connectivity index is 2.19. The van der Waals surface area contributed by atoms with E-state index in [1.165, 1.54) is 0 Å². The first-order chi connectivity index (χ1) is 8.50. The van der Waals surface area contributed by atoms with E-state index in [1.54, 1.807) is 31.4 Å². The summed E-state index contributed by atoms with van der Waals surface area (Å²) in [5, 5.41) is 0. The molecule has 1 heterocycles. The summed E-state index contributed by atoms with van der Waals surface area (Å²) in [6.45, 7) is 0. The van der Waals surface area contributed by atoms with Crippen molar-refractivity contribution >= 4 is 12.1 Å². The van der Waals surface area contributed by atoms with Crippen molar-refractivity contribution in [3.8, 4) is 0 Å². The van der Waals surface area contributed by atoms with Crippen LogP contribution in [0.4, 0.5) is 0 Å². The summed E-state index contributed by atoms with van der Waals surface area (Å²) in [6, 6.07) is 0. The van der Waals surface area contributed by atoms with Gasteiger partial charge >= 0.3 is 0 Å². The second kappa shape index (κ2) is 5.10. The predicted molar refractivity (Wildman–Crippen MR) is 70.3 cm³/mol. The Kier molecular flexibility index (Phi) is 3.71. The lowest BCUT2D eigenvalue weighted by Crippen LogP contribution is -2.44. The SMILES string of the molecule is CN(C)C(=O)C1C=NC=C(N(C)C)C1OC1CC1. The minimum atomic E-state index is -0.317. The van der Waals surface area contributed by atoms with Crippen LogP contribution in [-0.4, -0.2) is 62.3 Å². The first kappa shape index (κ1) is 13.1. The van der Waals surface area contributed by atoms with E-state index < -0.39 is 0 Å². The van der Waals surface area contributed by atoms with E-state index in [4.69, 9.17) is 4.74 Å². The molecule has 2 unspecified atom stereocenters. The maximum Gasteiger partial charge on any atom is 0.233 e. The highest BCUT2D eigenvalue weighted by Gasteiger charge is 2.38. The quantitative estimate of drug-likeness (QED) is 0.740. The van der Waals surface area contributed by atoms with Crippen LogP contribution in [0.1, 0.15) is 12.8 Å². The number of amides is 1. The van der Waals surface area contributed by atoms with Gasteiger partial charge in [0.15, 0.2) is 0 Å². The van der Waals surface area contributed by atoms with Crippen molar-refractivity contribution in [2.75, 3.05) is 28.2 Å². The Morgan fingerprint density at radius 1 is 1.33 bits per heavy atom. The van der Waals surface area contributed by atoms with Gasteiger partial charge in [-0.05, 0) is 12.8 Å². The van der Waals surface area contributed by atoms with Gasteiger partial charge in [0.2, 0.25) is 5.91 Å². The Hall–Kier alpha value is -1.36. The van der Waals surface area contributed by atoms with E-state index in [-0.39, 0.29) is 17.9 Å². The second-order valence-electron chi connectivity index (χ2n) is 5.26. The molecular weight excluding hydrogens is 230 g/mol. The van der Waals surface area contributed by atoms with E-state index in [9.17, 15) is 4.79 Å². The number of carbonyl (C=O) groups excluding carboxylic acids is 1. The first-order valence-electron chi connectivity index (χ1n) is 6.28. The lowest BCUT2D eigenvalue weighted by atomic mass is 9.97. The van der Waals surface area contributed by atoms with Gasteiger partial charge in [-0.1, -0.05) is 0 Å². The van der Waals surface area contributed by atoms with Crippen LogP contribution < -0.4 is 0 Å². The fourth-order valence-corrected chi connectivity index (χ4v) is 1.97. The summed E-state index contributed by atoms with van der Waals surface area (Å²) >= 11 is 0. The molecule has 0 aromatic heterocycles. The zero-order valence-corrected chi connectivity index (χ0v) is 11.5. The highest BCUT2D eigenvalue weighted by molar-refractivity contribution is 5.95. The molecule has 2 atom stereocenters. The smallest absolute Gasteiger partial charge is 0.233 e. The summed E-state index contributed by atoms with van der Waals surface area (Å²) in [6.07, 6.45) is 5.77. The van der Waals surface area contributed by atoms with Crippen molar-refractivity contribution in [1.82, 2.24) is 9.80 Å². The largest absolute Gasteiger partial charge is 0.378 e. The van der Waals surface area contributed by atoms with Crippen molar-refractivity contribution in [2.24, 2.45) is 10.9 Å². The average Bonchev–Trinajstić information content (AvgIpc) is 3.11. The molecule has 0 aromatic rings. The standard InChI is InChI=1S/C13H21N3O2/c1-15(2)11-8-14-7-10(13(17)16(3)4)12(11)18-9-5-6-9/h7-10,12H,5-6H2,1-4H3. The molecule has 0 bridgehead atoms. The molecule has 1 amide bonds. The van der Waals surface area contributed by atoms with E-state index in [0.29, 0.717) is 6.10 Å². The van der Waals surface area contributed by atoms with Gasteiger partial charge in [0, 0.05) is 40.6 Å². The predicted octanol–water partition coefficient (Wildman–Crippen LogP) is 0.726. The Morgan fingerprint density at radius 2 is 2.00 bits per heavy atom. The molecule has 0 N–H and O–H groups in total. The molecule has 0 saturated heterocycles. The lowest BCUT2D eigenvalue weighted by Gasteiger charge is -2.33. The molecular formula is C13H21N3O2. The first-order valence-corrected chi connectivity index (χ1v) is 6.28. The molecule has 0 spiro atoms. The van der Waals surface area contributed by atoms with Crippen LogP contribution in [0, 0.1) is 5.92 Å². The van der Waals surface area contributed by atoms with Crippen LogP contribution >= 0.6 is 0 Å². The van der Waals surface area contributed by atoms with Crippen molar-refractivity contribution in [1.29, 1.82) is 0 Å². The van der Waals surface area contributed by atoms with E-state index in [2.05, 4.69) is 4.99 Å². The van der Waals surface area contributed by atoms with Gasteiger partial charge in [0.05, 0.1) is 11.8 Å². The Bertz CT molecular complexity index is 384. The zero-order valence-electron chi connectivity index (χ0n) is 11.5. The number of aliphatic imine (C=N–C) groups is 1. The number of likely N-dealkylation sites (N-methyl/N-ethyl adjacent to an activating group) is 1. The highest BCUT2D eigenvalue weighted by Crippen LogP contribution is 2.31. The third kappa shape index (κ3) is 2.72. The number of ether oxygens (including phenoxy) is 1. The number of rotatable bonds is 4. The van der Waals surface area contributed by atoms with Crippen LogP contribution in [-0.2, 0) is 9.53 Å². The molecule has 2 aliphatic rings. The van der Waals surface area contributed by atoms with Crippen molar-refractivity contribution in [3.63, 3.8) is 0 Å². The van der Waals surface area contributed by atoms with E-state index in [0.717, 1.165) is 18.5 Å². The van der Waals surface area contributed by atoms with Gasteiger partial charge in [-0.3, -0.25) is 9.79 Å². The van der Waals surface area contributed by atoms with Crippen LogP contribution in [0.2, 0.25) is 0 Å². The average molecular weight is 251 g/mol. The molecule has 1 saturated carbocycles. The molecule has 1 aliphatic carbocycles. The highest BCUT2D eigenvalue weighted by atomic mass is 16.5. The van der Waals surface area contributed by atoms with Gasteiger partial charge in [0.25, 0.3) is 0 Å². The van der Waals surface area contributed by atoms with Crippen LogP contribution in [0.3, 0.4) is 0 Å². The molecule has 1 fully saturated rings. The van der Waals surface area contributed by atoms with Crippen molar-refractivity contribution in [3.05, 3.63) is 11.9 Å². The van der Waals surface area contributed by atoms with E-state index >= 15 is 0 Å². The number of nitrogens with zero attached hydrogens (tertiary/aromatic N) is 3. The summed E-state index contributed by atoms with van der Waals surface area (Å²) < 4.78 is 6.01. The Labute approximate surface area is 108 Å². The molecule has 0 radical (unpaired) electrons. The van der Waals surface area contributed by atoms with Crippen LogP contribution in [0.15, 0.2) is 16.9 Å². The van der Waals surface area contributed by atoms with Gasteiger partial charge in [0.1, 0.15) is 12.0 Å². The maximum atomic E-state index is 12.2. The monoisotopic (exact) mass is 251 g/mol. The fourth-order valence-electron chi connectivity index (χ4n) is 1.97. The van der Waals surface area contributed by atoms with Crippen molar-refractivity contribution < 1.29 is 9.53 Å². The molecule has 0 aromatic carbocycles. The van der Waals surface area contributed by atoms with Crippen LogP contribution in [0.5, 0.6) is 0 Å². The third-order valence-electron chi connectivity index (χ3n) is 3.18. The zero-order chi connectivity index (χ0) is 13.3. The van der Waals surface area contributed by atoms with Gasteiger partial charge < -0.3 is 14.5 Å². The van der Waals surface area contributed by atoms with Crippen LogP contribution in [0.25, 0.3) is 0 Å². The second-order valence-corrected chi connectivity index (χ2v) is 5.26. The van der Waals surface area contributed by atoms with Crippen molar-refractivity contribution in [2.45, 2.75) is 25.0 Å². The summed E-state index contributed by atoms with van der Waals surface area (Å²) in [7, 11) is 7.43. The summed E-state index contributed by atoms with van der Waals surface area (Å²) in [5.41, 5.74) is 0.963. The van der Waals surface area contributed by atoms with Gasteiger partial charge in [-0.15, -0.1) is 0 Å². The maximum absolute atomic E-state index is 12.2. The van der Waals surface area contributed by atoms with Gasteiger partial charge in [-0.25, -0.2) is 0 Å². The molecule has 100 valence electrons. The van der Waals surface area contributed by atoms with Gasteiger partial charge in [-0.2, -0.15) is 0 Å². The summed E-state index contributed by atoms with van der Waals surface area (Å²) in [5.74, 6) is -0.278. The lowest BCUT2D eigenvalue weighted by molar-refractivity contribution is -0.134. The third-order valence-corrected chi connectivity index (χ3v) is 3.18. The molecule has 1 aliphatic heterocycles. The normalized spacial score (nSPS) is 26.8. The number of carbonyl (C=O) groups is 1. The van der Waals surface area contributed by atoms with E-state index in [1.807, 2.05) is 19.0 Å². The summed E-state index contributed by atoms with van der Waals surface area (Å²) in [4.78, 5) is 19.9. The molecule has 5 heteroatoms. The molecule has 5 nitrogen and oxygen atoms in total. The topological polar surface area (TPSA) is 45.1 Å². The number of hydrogen-bond donors (Lipinski definition) is 0. The Morgan fingerprint density at radius 3 is 2.50 bits per heavy atom. The fraction of sp³-hybridized carbons (Fsp3) is 0.692. The minimum absolute atomic E-state index is 0.0387.